The molecule has 0 radical (unpaired) electrons. The van der Waals surface area contributed by atoms with Crippen LogP contribution in [0.4, 0.5) is 8.78 Å². The Balaban J connectivity index is 2.36. The minimum absolute atomic E-state index is 0.149. The maximum Gasteiger partial charge on any atom is 0.164 e. The standard InChI is InChI=1S/C11H12F2N2O/c12-8-4-1-3-7(10(8)13)11(15-14)9-5-2-6-16-9/h1,3-5,11,15H,2,6,14H2. The minimum Gasteiger partial charge on any atom is -0.496 e. The van der Waals surface area contributed by atoms with Crippen LogP contribution in [0.3, 0.4) is 0 Å². The Kier molecular flexibility index (Phi) is 3.17. The molecule has 3 N–H and O–H groups in total. The number of nitrogens with two attached hydrogens (primary N) is 1. The molecule has 1 aromatic carbocycles. The molecule has 1 unspecified atom stereocenters. The molecule has 1 aliphatic rings. The topological polar surface area (TPSA) is 47.3 Å². The summed E-state index contributed by atoms with van der Waals surface area (Å²) in [5.41, 5.74) is 2.58. The molecule has 1 aromatic rings. The number of benzene rings is 1. The molecule has 5 heteroatoms. The summed E-state index contributed by atoms with van der Waals surface area (Å²) in [5.74, 6) is 4.08. The first-order chi connectivity index (χ1) is 7.74. The largest absolute Gasteiger partial charge is 0.496 e. The van der Waals surface area contributed by atoms with Gasteiger partial charge in [-0.3, -0.25) is 5.84 Å². The van der Waals surface area contributed by atoms with Gasteiger partial charge < -0.3 is 4.74 Å². The average Bonchev–Trinajstić information content (AvgIpc) is 2.79. The Labute approximate surface area is 91.9 Å². The van der Waals surface area contributed by atoms with E-state index in [2.05, 4.69) is 5.43 Å². The van der Waals surface area contributed by atoms with Crippen LogP contribution in [0, 0.1) is 11.6 Å². The molecule has 0 amide bonds. The molecule has 0 fully saturated rings. The van der Waals surface area contributed by atoms with Crippen LogP contribution in [-0.2, 0) is 4.74 Å². The number of hydrogen-bond donors (Lipinski definition) is 2. The van der Waals surface area contributed by atoms with E-state index in [0.717, 1.165) is 12.5 Å². The molecule has 0 saturated heterocycles. The van der Waals surface area contributed by atoms with Crippen molar-refractivity contribution in [2.24, 2.45) is 5.84 Å². The number of ether oxygens (including phenoxy) is 1. The molecule has 1 heterocycles. The second-order valence-electron chi connectivity index (χ2n) is 3.49. The Bertz CT molecular complexity index is 420. The van der Waals surface area contributed by atoms with Crippen LogP contribution in [0.1, 0.15) is 18.0 Å². The molecular formula is C11H12F2N2O. The van der Waals surface area contributed by atoms with E-state index in [1.165, 1.54) is 12.1 Å². The van der Waals surface area contributed by atoms with E-state index < -0.39 is 17.7 Å². The fourth-order valence-corrected chi connectivity index (χ4v) is 1.71. The Morgan fingerprint density at radius 1 is 1.38 bits per heavy atom. The van der Waals surface area contributed by atoms with E-state index in [4.69, 9.17) is 10.6 Å². The van der Waals surface area contributed by atoms with Gasteiger partial charge in [-0.15, -0.1) is 0 Å². The Morgan fingerprint density at radius 2 is 2.19 bits per heavy atom. The van der Waals surface area contributed by atoms with Crippen molar-refractivity contribution in [3.8, 4) is 0 Å². The van der Waals surface area contributed by atoms with Gasteiger partial charge in [-0.2, -0.15) is 0 Å². The number of rotatable bonds is 3. The van der Waals surface area contributed by atoms with E-state index in [0.29, 0.717) is 12.4 Å². The van der Waals surface area contributed by atoms with Crippen LogP contribution in [0.5, 0.6) is 0 Å². The highest BCUT2D eigenvalue weighted by molar-refractivity contribution is 5.28. The third kappa shape index (κ3) is 1.91. The van der Waals surface area contributed by atoms with Crippen LogP contribution >= 0.6 is 0 Å². The summed E-state index contributed by atoms with van der Waals surface area (Å²) in [6.07, 6.45) is 2.57. The number of hydrazine groups is 1. The van der Waals surface area contributed by atoms with Crippen molar-refractivity contribution in [3.63, 3.8) is 0 Å². The summed E-state index contributed by atoms with van der Waals surface area (Å²) < 4.78 is 31.9. The van der Waals surface area contributed by atoms with Gasteiger partial charge in [-0.1, -0.05) is 12.1 Å². The van der Waals surface area contributed by atoms with Crippen molar-refractivity contribution in [1.29, 1.82) is 0 Å². The normalized spacial score (nSPS) is 16.8. The Hall–Kier alpha value is -1.46. The Morgan fingerprint density at radius 3 is 2.81 bits per heavy atom. The van der Waals surface area contributed by atoms with Gasteiger partial charge in [0.15, 0.2) is 11.6 Å². The van der Waals surface area contributed by atoms with Gasteiger partial charge in [-0.25, -0.2) is 14.2 Å². The fourth-order valence-electron chi connectivity index (χ4n) is 1.71. The first-order valence-electron chi connectivity index (χ1n) is 4.97. The summed E-state index contributed by atoms with van der Waals surface area (Å²) >= 11 is 0. The second kappa shape index (κ2) is 4.59. The highest BCUT2D eigenvalue weighted by Crippen LogP contribution is 2.28. The lowest BCUT2D eigenvalue weighted by Crippen LogP contribution is -2.30. The first-order valence-corrected chi connectivity index (χ1v) is 4.97. The number of halogens is 2. The zero-order chi connectivity index (χ0) is 11.5. The average molecular weight is 226 g/mol. The van der Waals surface area contributed by atoms with Crippen LogP contribution in [0.2, 0.25) is 0 Å². The van der Waals surface area contributed by atoms with Gasteiger partial charge in [-0.05, 0) is 12.1 Å². The predicted molar refractivity (Wildman–Crippen MR) is 55.1 cm³/mol. The van der Waals surface area contributed by atoms with Crippen LogP contribution < -0.4 is 11.3 Å². The summed E-state index contributed by atoms with van der Waals surface area (Å²) in [6, 6.07) is 3.34. The predicted octanol–water partition coefficient (Wildman–Crippen LogP) is 1.77. The lowest BCUT2D eigenvalue weighted by molar-refractivity contribution is 0.214. The molecule has 0 aromatic heterocycles. The second-order valence-corrected chi connectivity index (χ2v) is 3.49. The van der Waals surface area contributed by atoms with Crippen molar-refractivity contribution in [3.05, 3.63) is 47.2 Å². The highest BCUT2D eigenvalue weighted by atomic mass is 19.2. The van der Waals surface area contributed by atoms with E-state index in [1.54, 1.807) is 0 Å². The molecule has 86 valence electrons. The van der Waals surface area contributed by atoms with Gasteiger partial charge in [0.25, 0.3) is 0 Å². The van der Waals surface area contributed by atoms with E-state index in [9.17, 15) is 8.78 Å². The number of nitrogens with one attached hydrogen (secondary N) is 1. The van der Waals surface area contributed by atoms with E-state index in [1.807, 2.05) is 6.08 Å². The van der Waals surface area contributed by atoms with Crippen molar-refractivity contribution < 1.29 is 13.5 Å². The molecule has 3 nitrogen and oxygen atoms in total. The maximum absolute atomic E-state index is 13.5. The van der Waals surface area contributed by atoms with Crippen molar-refractivity contribution in [2.75, 3.05) is 6.61 Å². The fraction of sp³-hybridized carbons (Fsp3) is 0.273. The smallest absolute Gasteiger partial charge is 0.164 e. The van der Waals surface area contributed by atoms with Gasteiger partial charge >= 0.3 is 0 Å². The third-order valence-electron chi connectivity index (χ3n) is 2.48. The van der Waals surface area contributed by atoms with Crippen LogP contribution in [0.25, 0.3) is 0 Å². The summed E-state index contributed by atoms with van der Waals surface area (Å²) in [6.45, 7) is 0.546. The summed E-state index contributed by atoms with van der Waals surface area (Å²) in [5, 5.41) is 0. The number of hydrogen-bond acceptors (Lipinski definition) is 3. The zero-order valence-electron chi connectivity index (χ0n) is 8.54. The lowest BCUT2D eigenvalue weighted by Gasteiger charge is -2.18. The summed E-state index contributed by atoms with van der Waals surface area (Å²) in [7, 11) is 0. The molecule has 1 aliphatic heterocycles. The highest BCUT2D eigenvalue weighted by Gasteiger charge is 2.23. The molecule has 0 bridgehead atoms. The van der Waals surface area contributed by atoms with Crippen molar-refractivity contribution in [2.45, 2.75) is 12.5 Å². The van der Waals surface area contributed by atoms with E-state index in [-0.39, 0.29) is 5.56 Å². The molecule has 1 atom stereocenters. The zero-order valence-corrected chi connectivity index (χ0v) is 8.54. The summed E-state index contributed by atoms with van der Waals surface area (Å²) in [4.78, 5) is 0. The van der Waals surface area contributed by atoms with Crippen LogP contribution in [-0.4, -0.2) is 6.61 Å². The van der Waals surface area contributed by atoms with Crippen LogP contribution in [0.15, 0.2) is 30.0 Å². The third-order valence-corrected chi connectivity index (χ3v) is 2.48. The van der Waals surface area contributed by atoms with Gasteiger partial charge in [0, 0.05) is 12.0 Å². The van der Waals surface area contributed by atoms with E-state index >= 15 is 0 Å². The molecule has 2 rings (SSSR count). The lowest BCUT2D eigenvalue weighted by atomic mass is 10.0. The molecule has 16 heavy (non-hydrogen) atoms. The molecular weight excluding hydrogens is 214 g/mol. The monoisotopic (exact) mass is 226 g/mol. The quantitative estimate of drug-likeness (QED) is 0.610. The van der Waals surface area contributed by atoms with Gasteiger partial charge in [0.05, 0.1) is 6.61 Å². The minimum atomic E-state index is -0.901. The van der Waals surface area contributed by atoms with Gasteiger partial charge in [0.1, 0.15) is 11.8 Å². The van der Waals surface area contributed by atoms with Gasteiger partial charge in [0.2, 0.25) is 0 Å². The SMILES string of the molecule is NNC(C1=CCCO1)c1cccc(F)c1F. The van der Waals surface area contributed by atoms with Crippen molar-refractivity contribution in [1.82, 2.24) is 5.43 Å². The van der Waals surface area contributed by atoms with Crippen molar-refractivity contribution >= 4 is 0 Å². The first kappa shape index (κ1) is 11.0. The molecule has 0 spiro atoms. The molecule has 0 aliphatic carbocycles. The molecule has 0 saturated carbocycles. The maximum atomic E-state index is 13.5.